The second kappa shape index (κ2) is 9.21. The number of methoxy groups -OCH3 is 1. The lowest BCUT2D eigenvalue weighted by Crippen LogP contribution is -2.30. The van der Waals surface area contributed by atoms with E-state index in [2.05, 4.69) is 10.3 Å². The average Bonchev–Trinajstić information content (AvgIpc) is 2.73. The summed E-state index contributed by atoms with van der Waals surface area (Å²) in [5, 5.41) is 12.1. The summed E-state index contributed by atoms with van der Waals surface area (Å²) >= 11 is 0. The fourth-order valence-electron chi connectivity index (χ4n) is 3.41. The summed E-state index contributed by atoms with van der Waals surface area (Å²) in [6.45, 7) is 0.324. The average molecular weight is 384 g/mol. The van der Waals surface area contributed by atoms with Gasteiger partial charge in [0.05, 0.1) is 13.0 Å². The van der Waals surface area contributed by atoms with Gasteiger partial charge in [-0.25, -0.2) is 0 Å². The highest BCUT2D eigenvalue weighted by Gasteiger charge is 2.31. The van der Waals surface area contributed by atoms with Crippen LogP contribution in [0.1, 0.15) is 31.2 Å². The van der Waals surface area contributed by atoms with Gasteiger partial charge in [0.25, 0.3) is 0 Å². The molecule has 2 aromatic rings. The number of nitrogens with one attached hydrogen (secondary N) is 1. The van der Waals surface area contributed by atoms with Crippen LogP contribution < -0.4 is 14.8 Å². The fraction of sp³-hybridized carbons (Fsp3) is 0.381. The zero-order valence-corrected chi connectivity index (χ0v) is 15.8. The smallest absolute Gasteiger partial charge is 0.306 e. The highest BCUT2D eigenvalue weighted by Crippen LogP contribution is 2.33. The first-order valence-corrected chi connectivity index (χ1v) is 9.30. The molecular formula is C21H24N2O5. The van der Waals surface area contributed by atoms with E-state index in [1.54, 1.807) is 37.7 Å². The third-order valence-electron chi connectivity index (χ3n) is 4.94. The van der Waals surface area contributed by atoms with E-state index in [-0.39, 0.29) is 11.8 Å². The molecule has 7 nitrogen and oxygen atoms in total. The lowest BCUT2D eigenvalue weighted by atomic mass is 9.81. The minimum absolute atomic E-state index is 0.158. The Balaban J connectivity index is 1.66. The van der Waals surface area contributed by atoms with Crippen molar-refractivity contribution in [1.82, 2.24) is 4.98 Å². The molecule has 28 heavy (non-hydrogen) atoms. The molecule has 2 unspecified atom stereocenters. The Morgan fingerprint density at radius 1 is 1.21 bits per heavy atom. The van der Waals surface area contributed by atoms with Gasteiger partial charge in [-0.15, -0.1) is 0 Å². The quantitative estimate of drug-likeness (QED) is 0.758. The third kappa shape index (κ3) is 5.00. The second-order valence-corrected chi connectivity index (χ2v) is 6.90. The number of pyridine rings is 1. The summed E-state index contributed by atoms with van der Waals surface area (Å²) in [6.07, 6.45) is 5.88. The van der Waals surface area contributed by atoms with Gasteiger partial charge in [-0.3, -0.25) is 14.6 Å². The van der Waals surface area contributed by atoms with Crippen LogP contribution in [-0.2, 0) is 16.2 Å². The van der Waals surface area contributed by atoms with Crippen molar-refractivity contribution >= 4 is 17.6 Å². The number of anilines is 1. The SMILES string of the molecule is COc1ccc(NC(=O)C2CCCC(C(=O)O)C2)cc1OCc1cccnc1. The minimum Gasteiger partial charge on any atom is -0.493 e. The highest BCUT2D eigenvalue weighted by molar-refractivity contribution is 5.93. The van der Waals surface area contributed by atoms with Crippen LogP contribution in [0.15, 0.2) is 42.7 Å². The van der Waals surface area contributed by atoms with Crippen LogP contribution >= 0.6 is 0 Å². The van der Waals surface area contributed by atoms with Gasteiger partial charge in [0.2, 0.25) is 5.91 Å². The maximum atomic E-state index is 12.6. The number of aromatic nitrogens is 1. The van der Waals surface area contributed by atoms with Crippen molar-refractivity contribution < 1.29 is 24.2 Å². The van der Waals surface area contributed by atoms with E-state index >= 15 is 0 Å². The Morgan fingerprint density at radius 2 is 2.04 bits per heavy atom. The maximum absolute atomic E-state index is 12.6. The van der Waals surface area contributed by atoms with Crippen molar-refractivity contribution in [2.75, 3.05) is 12.4 Å². The van der Waals surface area contributed by atoms with E-state index in [0.717, 1.165) is 12.0 Å². The van der Waals surface area contributed by atoms with E-state index in [4.69, 9.17) is 9.47 Å². The van der Waals surface area contributed by atoms with E-state index < -0.39 is 11.9 Å². The molecule has 1 aromatic carbocycles. The lowest BCUT2D eigenvalue weighted by molar-refractivity contribution is -0.143. The first kappa shape index (κ1) is 19.7. The molecular weight excluding hydrogens is 360 g/mol. The van der Waals surface area contributed by atoms with Gasteiger partial charge in [0.1, 0.15) is 6.61 Å². The third-order valence-corrected chi connectivity index (χ3v) is 4.94. The molecule has 7 heteroatoms. The normalized spacial score (nSPS) is 18.9. The number of hydrogen-bond donors (Lipinski definition) is 2. The van der Waals surface area contributed by atoms with Gasteiger partial charge < -0.3 is 19.9 Å². The number of carbonyl (C=O) groups excluding carboxylic acids is 1. The van der Waals surface area contributed by atoms with Crippen LogP contribution in [0.25, 0.3) is 0 Å². The molecule has 2 atom stereocenters. The number of carbonyl (C=O) groups is 2. The Morgan fingerprint density at radius 3 is 2.75 bits per heavy atom. The van der Waals surface area contributed by atoms with Crippen molar-refractivity contribution in [3.05, 3.63) is 48.3 Å². The number of nitrogens with zero attached hydrogens (tertiary/aromatic N) is 1. The molecule has 1 amide bonds. The van der Waals surface area contributed by atoms with Crippen molar-refractivity contribution in [3.8, 4) is 11.5 Å². The van der Waals surface area contributed by atoms with Crippen LogP contribution in [-0.4, -0.2) is 29.1 Å². The van der Waals surface area contributed by atoms with E-state index in [1.807, 2.05) is 12.1 Å². The zero-order chi connectivity index (χ0) is 19.9. The number of amides is 1. The number of ether oxygens (including phenoxy) is 2. The fourth-order valence-corrected chi connectivity index (χ4v) is 3.41. The van der Waals surface area contributed by atoms with Gasteiger partial charge in [0.15, 0.2) is 11.5 Å². The Kier molecular flexibility index (Phi) is 6.47. The molecule has 1 aliphatic rings. The molecule has 0 aliphatic heterocycles. The van der Waals surface area contributed by atoms with Crippen LogP contribution in [0.3, 0.4) is 0 Å². The predicted octanol–water partition coefficient (Wildman–Crippen LogP) is 3.50. The largest absolute Gasteiger partial charge is 0.493 e. The van der Waals surface area contributed by atoms with Crippen molar-refractivity contribution in [2.24, 2.45) is 11.8 Å². The van der Waals surface area contributed by atoms with E-state index in [9.17, 15) is 14.7 Å². The highest BCUT2D eigenvalue weighted by atomic mass is 16.5. The Hall–Kier alpha value is -3.09. The summed E-state index contributed by atoms with van der Waals surface area (Å²) in [6, 6.07) is 8.93. The first-order valence-electron chi connectivity index (χ1n) is 9.30. The van der Waals surface area contributed by atoms with Crippen molar-refractivity contribution in [3.63, 3.8) is 0 Å². The van der Waals surface area contributed by atoms with Crippen molar-refractivity contribution in [1.29, 1.82) is 0 Å². The molecule has 0 saturated heterocycles. The molecule has 3 rings (SSSR count). The molecule has 0 bridgehead atoms. The maximum Gasteiger partial charge on any atom is 0.306 e. The molecule has 148 valence electrons. The second-order valence-electron chi connectivity index (χ2n) is 6.90. The Bertz CT molecular complexity index is 825. The number of aliphatic carboxylic acids is 1. The number of carboxylic acid groups (broad SMARTS) is 1. The lowest BCUT2D eigenvalue weighted by Gasteiger charge is -2.25. The van der Waals surface area contributed by atoms with Crippen LogP contribution in [0.2, 0.25) is 0 Å². The van der Waals surface area contributed by atoms with Crippen molar-refractivity contribution in [2.45, 2.75) is 32.3 Å². The summed E-state index contributed by atoms with van der Waals surface area (Å²) < 4.78 is 11.2. The predicted molar refractivity (Wildman–Crippen MR) is 103 cm³/mol. The molecule has 0 spiro atoms. The van der Waals surface area contributed by atoms with Crippen LogP contribution in [0, 0.1) is 11.8 Å². The number of benzene rings is 1. The van der Waals surface area contributed by atoms with Gasteiger partial charge in [-0.2, -0.15) is 0 Å². The standard InChI is InChI=1S/C21H24N2O5/c1-27-18-8-7-17(11-19(18)28-13-14-4-3-9-22-12-14)23-20(24)15-5-2-6-16(10-15)21(25)26/h3-4,7-9,11-12,15-16H,2,5-6,10,13H2,1H3,(H,23,24)(H,25,26). The van der Waals surface area contributed by atoms with E-state index in [1.165, 1.54) is 0 Å². The molecule has 1 aliphatic carbocycles. The summed E-state index contributed by atoms with van der Waals surface area (Å²) in [4.78, 5) is 27.9. The molecule has 2 N–H and O–H groups in total. The monoisotopic (exact) mass is 384 g/mol. The zero-order valence-electron chi connectivity index (χ0n) is 15.8. The van der Waals surface area contributed by atoms with Crippen LogP contribution in [0.4, 0.5) is 5.69 Å². The summed E-state index contributed by atoms with van der Waals surface area (Å²) in [7, 11) is 1.55. The Labute approximate surface area is 163 Å². The molecule has 1 heterocycles. The van der Waals surface area contributed by atoms with E-state index in [0.29, 0.717) is 43.1 Å². The molecule has 1 saturated carbocycles. The summed E-state index contributed by atoms with van der Waals surface area (Å²) in [5.41, 5.74) is 1.50. The topological polar surface area (TPSA) is 97.8 Å². The van der Waals surface area contributed by atoms with Crippen LogP contribution in [0.5, 0.6) is 11.5 Å². The van der Waals surface area contributed by atoms with Gasteiger partial charge in [-0.05, 0) is 37.5 Å². The van der Waals surface area contributed by atoms with Gasteiger partial charge in [-0.1, -0.05) is 12.5 Å². The minimum atomic E-state index is -0.826. The van der Waals surface area contributed by atoms with Gasteiger partial charge in [0, 0.05) is 35.6 Å². The van der Waals surface area contributed by atoms with Gasteiger partial charge >= 0.3 is 5.97 Å². The number of carboxylic acids is 1. The summed E-state index contributed by atoms with van der Waals surface area (Å²) in [5.74, 6) is -0.653. The number of hydrogen-bond acceptors (Lipinski definition) is 5. The molecule has 1 fully saturated rings. The molecule has 0 radical (unpaired) electrons. The molecule has 1 aromatic heterocycles. The number of rotatable bonds is 7. The first-order chi connectivity index (χ1) is 13.6.